The van der Waals surface area contributed by atoms with E-state index in [0.717, 1.165) is 43.1 Å². The molecule has 0 spiro atoms. The Morgan fingerprint density at radius 1 is 1.37 bits per heavy atom. The van der Waals surface area contributed by atoms with Crippen molar-refractivity contribution < 1.29 is 5.11 Å². The van der Waals surface area contributed by atoms with E-state index in [9.17, 15) is 5.11 Å². The fourth-order valence-electron chi connectivity index (χ4n) is 3.38. The molecule has 0 aromatic heterocycles. The Labute approximate surface area is 119 Å². The lowest BCUT2D eigenvalue weighted by molar-refractivity contribution is 0.153. The summed E-state index contributed by atoms with van der Waals surface area (Å²) in [6.07, 6.45) is 1.86. The van der Waals surface area contributed by atoms with Crippen LogP contribution < -0.4 is 5.32 Å². The molecule has 2 heterocycles. The van der Waals surface area contributed by atoms with Gasteiger partial charge in [0, 0.05) is 30.2 Å². The van der Waals surface area contributed by atoms with E-state index in [1.807, 2.05) is 0 Å². The molecule has 4 heteroatoms. The molecule has 19 heavy (non-hydrogen) atoms. The molecule has 0 amide bonds. The molecule has 2 N–H and O–H groups in total. The average molecular weight is 281 g/mol. The minimum absolute atomic E-state index is 0.158. The summed E-state index contributed by atoms with van der Waals surface area (Å²) in [5.41, 5.74) is 2.33. The third-order valence-electron chi connectivity index (χ3n) is 4.41. The highest BCUT2D eigenvalue weighted by Gasteiger charge is 2.37. The van der Waals surface area contributed by atoms with E-state index in [2.05, 4.69) is 35.3 Å². The summed E-state index contributed by atoms with van der Waals surface area (Å²) in [7, 11) is 0. The van der Waals surface area contributed by atoms with Crippen LogP contribution in [0.4, 0.5) is 0 Å². The van der Waals surface area contributed by atoms with Gasteiger partial charge in [-0.2, -0.15) is 0 Å². The van der Waals surface area contributed by atoms with Crippen molar-refractivity contribution in [3.05, 3.63) is 34.3 Å². The molecular formula is C15H21ClN2O. The van der Waals surface area contributed by atoms with Crippen LogP contribution in [-0.2, 0) is 0 Å². The van der Waals surface area contributed by atoms with E-state index in [0.29, 0.717) is 6.04 Å². The number of aryl methyl sites for hydroxylation is 1. The van der Waals surface area contributed by atoms with Crippen molar-refractivity contribution >= 4 is 11.6 Å². The molecule has 2 fully saturated rings. The van der Waals surface area contributed by atoms with Crippen LogP contribution in [-0.4, -0.2) is 41.8 Å². The summed E-state index contributed by atoms with van der Waals surface area (Å²) >= 11 is 6.47. The van der Waals surface area contributed by atoms with Gasteiger partial charge in [0.15, 0.2) is 0 Å². The van der Waals surface area contributed by atoms with Crippen molar-refractivity contribution in [3.63, 3.8) is 0 Å². The number of rotatable bonds is 2. The van der Waals surface area contributed by atoms with Crippen molar-refractivity contribution in [2.24, 2.45) is 0 Å². The van der Waals surface area contributed by atoms with Crippen LogP contribution in [0.25, 0.3) is 0 Å². The molecule has 1 aromatic carbocycles. The third kappa shape index (κ3) is 2.52. The van der Waals surface area contributed by atoms with Gasteiger partial charge in [0.05, 0.1) is 6.10 Å². The molecule has 1 unspecified atom stereocenters. The number of aliphatic hydroxyl groups is 1. The molecule has 104 valence electrons. The maximum Gasteiger partial charge on any atom is 0.0679 e. The van der Waals surface area contributed by atoms with Crippen LogP contribution in [0.2, 0.25) is 5.02 Å². The van der Waals surface area contributed by atoms with Crippen molar-refractivity contribution in [2.45, 2.75) is 38.0 Å². The molecule has 3 rings (SSSR count). The summed E-state index contributed by atoms with van der Waals surface area (Å²) in [6, 6.07) is 6.99. The molecule has 0 aliphatic carbocycles. The van der Waals surface area contributed by atoms with Crippen molar-refractivity contribution in [3.8, 4) is 0 Å². The molecule has 2 aliphatic rings. The molecule has 3 nitrogen and oxygen atoms in total. The van der Waals surface area contributed by atoms with Gasteiger partial charge in [-0.25, -0.2) is 0 Å². The van der Waals surface area contributed by atoms with Gasteiger partial charge >= 0.3 is 0 Å². The number of nitrogens with one attached hydrogen (secondary N) is 1. The van der Waals surface area contributed by atoms with E-state index in [1.165, 1.54) is 5.56 Å². The number of hydrogen-bond acceptors (Lipinski definition) is 3. The number of β-amino-alcohol motifs (C(OH)–C–C–N with tert-alkyl or cyclic N) is 1. The number of aliphatic hydroxyl groups excluding tert-OH is 1. The molecule has 2 aliphatic heterocycles. The fraction of sp³-hybridized carbons (Fsp3) is 0.600. The lowest BCUT2D eigenvalue weighted by atomic mass is 9.98. The molecule has 1 aromatic rings. The predicted molar refractivity (Wildman–Crippen MR) is 77.5 cm³/mol. The number of halogens is 1. The molecular weight excluding hydrogens is 260 g/mol. The van der Waals surface area contributed by atoms with E-state index >= 15 is 0 Å². The zero-order chi connectivity index (χ0) is 13.4. The van der Waals surface area contributed by atoms with Crippen LogP contribution in [0.5, 0.6) is 0 Å². The lowest BCUT2D eigenvalue weighted by Crippen LogP contribution is -2.38. The lowest BCUT2D eigenvalue weighted by Gasteiger charge is -2.29. The van der Waals surface area contributed by atoms with E-state index < -0.39 is 0 Å². The minimum atomic E-state index is -0.158. The van der Waals surface area contributed by atoms with Gasteiger partial charge in [-0.3, -0.25) is 4.90 Å². The highest BCUT2D eigenvalue weighted by molar-refractivity contribution is 6.32. The maximum absolute atomic E-state index is 9.73. The van der Waals surface area contributed by atoms with Crippen molar-refractivity contribution in [1.82, 2.24) is 10.2 Å². The van der Waals surface area contributed by atoms with E-state index in [1.54, 1.807) is 0 Å². The van der Waals surface area contributed by atoms with Gasteiger partial charge in [-0.1, -0.05) is 29.8 Å². The maximum atomic E-state index is 9.73. The minimum Gasteiger partial charge on any atom is -0.392 e. The Kier molecular flexibility index (Phi) is 3.81. The van der Waals surface area contributed by atoms with Crippen LogP contribution in [0.3, 0.4) is 0 Å². The zero-order valence-electron chi connectivity index (χ0n) is 11.3. The summed E-state index contributed by atoms with van der Waals surface area (Å²) in [6.45, 7) is 4.86. The second-order valence-corrected chi connectivity index (χ2v) is 6.08. The van der Waals surface area contributed by atoms with Gasteiger partial charge in [0.25, 0.3) is 0 Å². The first-order valence-corrected chi connectivity index (χ1v) is 7.45. The summed E-state index contributed by atoms with van der Waals surface area (Å²) in [5.74, 6) is 0. The molecule has 2 saturated heterocycles. The normalized spacial score (nSPS) is 32.1. The van der Waals surface area contributed by atoms with Crippen LogP contribution in [0.1, 0.15) is 30.0 Å². The van der Waals surface area contributed by atoms with E-state index in [-0.39, 0.29) is 12.1 Å². The van der Waals surface area contributed by atoms with Gasteiger partial charge in [0.2, 0.25) is 0 Å². The quantitative estimate of drug-likeness (QED) is 0.871. The van der Waals surface area contributed by atoms with Crippen molar-refractivity contribution in [1.29, 1.82) is 0 Å². The number of nitrogens with zero attached hydrogens (tertiary/aromatic N) is 1. The van der Waals surface area contributed by atoms with Gasteiger partial charge in [-0.05, 0) is 37.4 Å². The Morgan fingerprint density at radius 2 is 2.21 bits per heavy atom. The standard InChI is InChI=1S/C15H21ClN2O/c1-10-3-2-4-12(14(10)16)15-13(5-7-17-15)18-8-6-11(19)9-18/h2-4,11,13,15,17,19H,5-9H2,1H3/t11?,13-,15-/m1/s1. The molecule has 0 radical (unpaired) electrons. The second-order valence-electron chi connectivity index (χ2n) is 5.70. The van der Waals surface area contributed by atoms with E-state index in [4.69, 9.17) is 11.6 Å². The summed E-state index contributed by atoms with van der Waals surface area (Å²) < 4.78 is 0. The van der Waals surface area contributed by atoms with Crippen LogP contribution >= 0.6 is 11.6 Å². The summed E-state index contributed by atoms with van der Waals surface area (Å²) in [4.78, 5) is 2.41. The number of benzene rings is 1. The first-order valence-electron chi connectivity index (χ1n) is 7.07. The molecule has 0 bridgehead atoms. The van der Waals surface area contributed by atoms with Crippen LogP contribution in [0.15, 0.2) is 18.2 Å². The average Bonchev–Trinajstić information content (AvgIpc) is 3.01. The van der Waals surface area contributed by atoms with Gasteiger partial charge < -0.3 is 10.4 Å². The zero-order valence-corrected chi connectivity index (χ0v) is 12.0. The highest BCUT2D eigenvalue weighted by atomic mass is 35.5. The number of likely N-dealkylation sites (tertiary alicyclic amines) is 1. The second kappa shape index (κ2) is 5.41. The first kappa shape index (κ1) is 13.4. The van der Waals surface area contributed by atoms with Crippen molar-refractivity contribution in [2.75, 3.05) is 19.6 Å². The first-order chi connectivity index (χ1) is 9.16. The molecule has 3 atom stereocenters. The molecule has 0 saturated carbocycles. The monoisotopic (exact) mass is 280 g/mol. The third-order valence-corrected chi connectivity index (χ3v) is 4.93. The highest BCUT2D eigenvalue weighted by Crippen LogP contribution is 2.35. The topological polar surface area (TPSA) is 35.5 Å². The fourth-order valence-corrected chi connectivity index (χ4v) is 3.62. The number of hydrogen-bond donors (Lipinski definition) is 2. The summed E-state index contributed by atoms with van der Waals surface area (Å²) in [5, 5.41) is 14.2. The van der Waals surface area contributed by atoms with Gasteiger partial charge in [0.1, 0.15) is 0 Å². The van der Waals surface area contributed by atoms with Gasteiger partial charge in [-0.15, -0.1) is 0 Å². The smallest absolute Gasteiger partial charge is 0.0679 e. The Hall–Kier alpha value is -0.610. The van der Waals surface area contributed by atoms with Crippen LogP contribution in [0, 0.1) is 6.92 Å². The SMILES string of the molecule is Cc1cccc([C@H]2NCC[C@H]2N2CCC(O)C2)c1Cl. The predicted octanol–water partition coefficient (Wildman–Crippen LogP) is 2.12. The Morgan fingerprint density at radius 3 is 2.95 bits per heavy atom. The Bertz CT molecular complexity index is 465. The Balaban J connectivity index is 1.85. The largest absolute Gasteiger partial charge is 0.392 e.